The summed E-state index contributed by atoms with van der Waals surface area (Å²) in [6.45, 7) is 3.65. The van der Waals surface area contributed by atoms with Crippen LogP contribution >= 0.6 is 0 Å². The molecule has 0 radical (unpaired) electrons. The monoisotopic (exact) mass is 445 g/mol. The van der Waals surface area contributed by atoms with Gasteiger partial charge in [0.05, 0.1) is 17.8 Å². The van der Waals surface area contributed by atoms with Crippen molar-refractivity contribution >= 4 is 28.7 Å². The summed E-state index contributed by atoms with van der Waals surface area (Å²) in [7, 11) is 0. The molecule has 2 aromatic rings. The van der Waals surface area contributed by atoms with Crippen LogP contribution in [-0.4, -0.2) is 33.5 Å². The van der Waals surface area contributed by atoms with Crippen molar-refractivity contribution in [3.63, 3.8) is 0 Å². The molecule has 1 amide bonds. The van der Waals surface area contributed by atoms with E-state index in [2.05, 4.69) is 0 Å². The number of aromatic carboxylic acids is 1. The maximum absolute atomic E-state index is 14.7. The highest BCUT2D eigenvalue weighted by Crippen LogP contribution is 2.32. The van der Waals surface area contributed by atoms with Crippen molar-refractivity contribution in [2.24, 2.45) is 0 Å². The van der Waals surface area contributed by atoms with Crippen LogP contribution in [0.4, 0.5) is 23.2 Å². The number of halogens is 4. The molecule has 0 heterocycles. The highest BCUT2D eigenvalue weighted by atomic mass is 32.2. The van der Waals surface area contributed by atoms with Gasteiger partial charge in [-0.05, 0) is 37.1 Å². The molecule has 10 heteroatoms. The lowest BCUT2D eigenvalue weighted by atomic mass is 10.0. The van der Waals surface area contributed by atoms with E-state index in [0.29, 0.717) is 5.56 Å². The van der Waals surface area contributed by atoms with Crippen LogP contribution in [0.15, 0.2) is 35.2 Å². The molecule has 2 aromatic carbocycles. The molecular formula is C20H19F4NO4S. The first-order valence-corrected chi connectivity index (χ1v) is 9.89. The minimum Gasteiger partial charge on any atom is -0.609 e. The summed E-state index contributed by atoms with van der Waals surface area (Å²) >= 11 is -2.80. The van der Waals surface area contributed by atoms with Crippen molar-refractivity contribution in [3.8, 4) is 0 Å². The van der Waals surface area contributed by atoms with Gasteiger partial charge in [-0.25, -0.2) is 18.0 Å². The Morgan fingerprint density at radius 2 is 1.80 bits per heavy atom. The minimum atomic E-state index is -3.51. The smallest absolute Gasteiger partial charge is 0.336 e. The first kappa shape index (κ1) is 23.7. The van der Waals surface area contributed by atoms with Gasteiger partial charge < -0.3 is 14.6 Å². The quantitative estimate of drug-likeness (QED) is 0.507. The fourth-order valence-electron chi connectivity index (χ4n) is 2.92. The first-order valence-electron chi connectivity index (χ1n) is 8.68. The highest BCUT2D eigenvalue weighted by Gasteiger charge is 2.36. The summed E-state index contributed by atoms with van der Waals surface area (Å²) < 4.78 is 65.8. The number of anilines is 1. The number of hydrogen-bond acceptors (Lipinski definition) is 3. The lowest BCUT2D eigenvalue weighted by molar-refractivity contribution is -0.116. The van der Waals surface area contributed by atoms with E-state index in [-0.39, 0.29) is 28.1 Å². The number of carboxylic acids is 1. The molecule has 0 fully saturated rings. The zero-order chi connectivity index (χ0) is 22.7. The Balaban J connectivity index is 2.58. The molecule has 0 aliphatic rings. The molecule has 0 aliphatic heterocycles. The third-order valence-electron chi connectivity index (χ3n) is 4.49. The second-order valence-corrected chi connectivity index (χ2v) is 8.05. The molecule has 0 aliphatic carbocycles. The van der Waals surface area contributed by atoms with Crippen LogP contribution in [0.2, 0.25) is 0 Å². The number of carbonyl (C=O) groups is 2. The standard InChI is InChI=1S/C20H19F4NO4S/c1-10-5-4-6-13(20(27)28)14(10)9-25(12(3)26)16-8-17(11(2)7-15(16)21)30(29)19(24)18(22)23/h4-8,18-19H,9H2,1-3H3,(H,27,28). The molecule has 2 rings (SSSR count). The van der Waals surface area contributed by atoms with E-state index in [1.165, 1.54) is 19.1 Å². The second-order valence-electron chi connectivity index (χ2n) is 6.56. The summed E-state index contributed by atoms with van der Waals surface area (Å²) in [5, 5.41) is 9.40. The van der Waals surface area contributed by atoms with Crippen LogP contribution < -0.4 is 4.90 Å². The molecule has 30 heavy (non-hydrogen) atoms. The SMILES string of the molecule is CC(=O)N(Cc1c(C)cccc1C(=O)O)c1cc([S+]([O-])C(F)C(F)F)c(C)cc1F. The highest BCUT2D eigenvalue weighted by molar-refractivity contribution is 7.92. The molecule has 0 spiro atoms. The third kappa shape index (κ3) is 4.93. The van der Waals surface area contributed by atoms with Crippen molar-refractivity contribution in [2.45, 2.75) is 44.1 Å². The summed E-state index contributed by atoms with van der Waals surface area (Å²) in [4.78, 5) is 24.3. The molecule has 1 N–H and O–H groups in total. The van der Waals surface area contributed by atoms with Crippen LogP contribution in [0.3, 0.4) is 0 Å². The molecule has 2 unspecified atom stereocenters. The average Bonchev–Trinajstić information content (AvgIpc) is 2.66. The zero-order valence-corrected chi connectivity index (χ0v) is 17.1. The Kier molecular flexibility index (Phi) is 7.49. The number of alkyl halides is 3. The van der Waals surface area contributed by atoms with Crippen LogP contribution in [-0.2, 0) is 22.5 Å². The van der Waals surface area contributed by atoms with Gasteiger partial charge in [0.2, 0.25) is 5.91 Å². The summed E-state index contributed by atoms with van der Waals surface area (Å²) in [5.41, 5.74) is -2.76. The molecule has 162 valence electrons. The molecule has 0 bridgehead atoms. The number of hydrogen-bond donors (Lipinski definition) is 1. The van der Waals surface area contributed by atoms with Crippen molar-refractivity contribution < 1.29 is 36.8 Å². The van der Waals surface area contributed by atoms with Crippen molar-refractivity contribution in [1.82, 2.24) is 0 Å². The Morgan fingerprint density at radius 1 is 1.17 bits per heavy atom. The lowest BCUT2D eigenvalue weighted by Gasteiger charge is -2.25. The molecule has 0 saturated heterocycles. The van der Waals surface area contributed by atoms with Gasteiger partial charge in [0.1, 0.15) is 5.82 Å². The fourth-order valence-corrected chi connectivity index (χ4v) is 3.95. The Hall–Kier alpha value is -2.59. The van der Waals surface area contributed by atoms with Crippen LogP contribution in [0.1, 0.15) is 34.0 Å². The summed E-state index contributed by atoms with van der Waals surface area (Å²) in [5.74, 6) is -2.86. The molecule has 0 aromatic heterocycles. The summed E-state index contributed by atoms with van der Waals surface area (Å²) in [6, 6.07) is 6.20. The molecular weight excluding hydrogens is 426 g/mol. The summed E-state index contributed by atoms with van der Waals surface area (Å²) in [6.07, 6.45) is -3.51. The number of nitrogens with zero attached hydrogens (tertiary/aromatic N) is 1. The van der Waals surface area contributed by atoms with Crippen molar-refractivity contribution in [2.75, 3.05) is 4.90 Å². The van der Waals surface area contributed by atoms with Crippen LogP contribution in [0.25, 0.3) is 0 Å². The fraction of sp³-hybridized carbons (Fsp3) is 0.300. The molecule has 0 saturated carbocycles. The molecule has 2 atom stereocenters. The minimum absolute atomic E-state index is 0.0245. The zero-order valence-electron chi connectivity index (χ0n) is 16.3. The molecule has 5 nitrogen and oxygen atoms in total. The number of aryl methyl sites for hydroxylation is 2. The predicted octanol–water partition coefficient (Wildman–Crippen LogP) is 4.36. The van der Waals surface area contributed by atoms with E-state index in [9.17, 15) is 36.8 Å². The first-order chi connectivity index (χ1) is 14.0. The van der Waals surface area contributed by atoms with E-state index in [0.717, 1.165) is 24.0 Å². The topological polar surface area (TPSA) is 80.7 Å². The predicted molar refractivity (Wildman–Crippen MR) is 103 cm³/mol. The second kappa shape index (κ2) is 9.48. The number of benzene rings is 2. The van der Waals surface area contributed by atoms with Crippen LogP contribution in [0, 0.1) is 19.7 Å². The maximum Gasteiger partial charge on any atom is 0.336 e. The maximum atomic E-state index is 14.7. The van der Waals surface area contributed by atoms with E-state index in [1.807, 2.05) is 0 Å². The number of carboxylic acid groups (broad SMARTS) is 1. The Morgan fingerprint density at radius 3 is 2.33 bits per heavy atom. The third-order valence-corrected chi connectivity index (χ3v) is 5.98. The van der Waals surface area contributed by atoms with E-state index < -0.39 is 46.5 Å². The van der Waals surface area contributed by atoms with Gasteiger partial charge in [-0.1, -0.05) is 12.1 Å². The van der Waals surface area contributed by atoms with Gasteiger partial charge in [-0.2, -0.15) is 4.39 Å². The van der Waals surface area contributed by atoms with Crippen LogP contribution in [0.5, 0.6) is 0 Å². The van der Waals surface area contributed by atoms with E-state index in [1.54, 1.807) is 13.0 Å². The number of carbonyl (C=O) groups excluding carboxylic acids is 1. The van der Waals surface area contributed by atoms with Gasteiger partial charge in [-0.15, -0.1) is 0 Å². The van der Waals surface area contributed by atoms with Gasteiger partial charge in [0.25, 0.3) is 0 Å². The number of amides is 1. The Labute approximate surface area is 173 Å². The van der Waals surface area contributed by atoms with Gasteiger partial charge in [0, 0.05) is 29.7 Å². The van der Waals surface area contributed by atoms with Gasteiger partial charge in [-0.3, -0.25) is 4.79 Å². The number of rotatable bonds is 7. The van der Waals surface area contributed by atoms with E-state index in [4.69, 9.17) is 0 Å². The Bertz CT molecular complexity index is 970. The van der Waals surface area contributed by atoms with E-state index >= 15 is 0 Å². The van der Waals surface area contributed by atoms with Crippen molar-refractivity contribution in [1.29, 1.82) is 0 Å². The average molecular weight is 445 g/mol. The normalized spacial score (nSPS) is 13.2. The van der Waals surface area contributed by atoms with Crippen molar-refractivity contribution in [3.05, 3.63) is 58.4 Å². The van der Waals surface area contributed by atoms with Gasteiger partial charge in [0.15, 0.2) is 4.90 Å². The largest absolute Gasteiger partial charge is 0.609 e. The van der Waals surface area contributed by atoms with Gasteiger partial charge >= 0.3 is 17.9 Å². The lowest BCUT2D eigenvalue weighted by Crippen LogP contribution is -2.31.